The molecule has 20 heavy (non-hydrogen) atoms. The van der Waals surface area contributed by atoms with Crippen LogP contribution in [0.1, 0.15) is 44.0 Å². The fourth-order valence-electron chi connectivity index (χ4n) is 2.64. The van der Waals surface area contributed by atoms with Crippen molar-refractivity contribution in [3.63, 3.8) is 0 Å². The van der Waals surface area contributed by atoms with E-state index in [0.29, 0.717) is 17.7 Å². The summed E-state index contributed by atoms with van der Waals surface area (Å²) >= 11 is 0. The van der Waals surface area contributed by atoms with Crippen molar-refractivity contribution in [2.24, 2.45) is 0 Å². The van der Waals surface area contributed by atoms with Gasteiger partial charge in [0.05, 0.1) is 0 Å². The monoisotopic (exact) mass is 273 g/mol. The van der Waals surface area contributed by atoms with Gasteiger partial charge in [-0.1, -0.05) is 13.3 Å². The van der Waals surface area contributed by atoms with Crippen molar-refractivity contribution in [2.45, 2.75) is 45.6 Å². The van der Waals surface area contributed by atoms with Crippen LogP contribution in [0.15, 0.2) is 6.07 Å². The second-order valence-corrected chi connectivity index (χ2v) is 5.40. The molecule has 0 aliphatic carbocycles. The van der Waals surface area contributed by atoms with E-state index in [1.165, 1.54) is 19.3 Å². The molecule has 1 unspecified atom stereocenters. The SMILES string of the molecule is CCCN(CC1CCCCN1)c1nc(C)cc(C#N)n1. The van der Waals surface area contributed by atoms with Gasteiger partial charge < -0.3 is 10.2 Å². The molecule has 1 aliphatic rings. The second kappa shape index (κ2) is 7.20. The molecule has 1 aliphatic heterocycles. The van der Waals surface area contributed by atoms with Crippen LogP contribution in [-0.4, -0.2) is 35.6 Å². The molecule has 5 nitrogen and oxygen atoms in total. The number of aryl methyl sites for hydroxylation is 1. The van der Waals surface area contributed by atoms with Crippen LogP contribution in [0.25, 0.3) is 0 Å². The molecule has 0 aromatic carbocycles. The zero-order valence-corrected chi connectivity index (χ0v) is 12.4. The zero-order chi connectivity index (χ0) is 14.4. The van der Waals surface area contributed by atoms with Crippen LogP contribution in [0.2, 0.25) is 0 Å². The Morgan fingerprint density at radius 1 is 1.45 bits per heavy atom. The molecule has 2 rings (SSSR count). The second-order valence-electron chi connectivity index (χ2n) is 5.40. The first kappa shape index (κ1) is 14.7. The summed E-state index contributed by atoms with van der Waals surface area (Å²) in [5.74, 6) is 0.691. The summed E-state index contributed by atoms with van der Waals surface area (Å²) in [7, 11) is 0. The van der Waals surface area contributed by atoms with Gasteiger partial charge in [-0.25, -0.2) is 9.97 Å². The first-order valence-corrected chi connectivity index (χ1v) is 7.47. The van der Waals surface area contributed by atoms with Gasteiger partial charge in [-0.3, -0.25) is 0 Å². The van der Waals surface area contributed by atoms with E-state index in [0.717, 1.165) is 31.7 Å². The van der Waals surface area contributed by atoms with E-state index < -0.39 is 0 Å². The third-order valence-electron chi connectivity index (χ3n) is 3.59. The number of aromatic nitrogens is 2. The Hall–Kier alpha value is -1.67. The molecule has 1 aromatic heterocycles. The van der Waals surface area contributed by atoms with E-state index in [1.807, 2.05) is 6.92 Å². The van der Waals surface area contributed by atoms with Crippen LogP contribution >= 0.6 is 0 Å². The van der Waals surface area contributed by atoms with E-state index in [2.05, 4.69) is 33.2 Å². The Labute approximate surface area is 121 Å². The van der Waals surface area contributed by atoms with Gasteiger partial charge in [0, 0.05) is 24.8 Å². The highest BCUT2D eigenvalue weighted by molar-refractivity contribution is 5.36. The molecule has 108 valence electrons. The summed E-state index contributed by atoms with van der Waals surface area (Å²) in [5, 5.41) is 12.6. The molecule has 1 atom stereocenters. The molecule has 1 saturated heterocycles. The summed E-state index contributed by atoms with van der Waals surface area (Å²) in [5.41, 5.74) is 1.30. The van der Waals surface area contributed by atoms with E-state index in [4.69, 9.17) is 5.26 Å². The van der Waals surface area contributed by atoms with Gasteiger partial charge in [0.1, 0.15) is 11.8 Å². The van der Waals surface area contributed by atoms with Crippen molar-refractivity contribution in [2.75, 3.05) is 24.5 Å². The Kier molecular flexibility index (Phi) is 5.31. The molecule has 0 bridgehead atoms. The maximum atomic E-state index is 9.05. The standard InChI is InChI=1S/C15H23N5/c1-3-8-20(11-13-6-4-5-7-17-13)15-18-12(2)9-14(10-16)19-15/h9,13,17H,3-8,11H2,1-2H3. The van der Waals surface area contributed by atoms with Gasteiger partial charge >= 0.3 is 0 Å². The van der Waals surface area contributed by atoms with Crippen molar-refractivity contribution < 1.29 is 0 Å². The highest BCUT2D eigenvalue weighted by Gasteiger charge is 2.18. The van der Waals surface area contributed by atoms with Crippen LogP contribution in [0.4, 0.5) is 5.95 Å². The average molecular weight is 273 g/mol. The Bertz CT molecular complexity index is 474. The predicted molar refractivity (Wildman–Crippen MR) is 79.6 cm³/mol. The fraction of sp³-hybridized carbons (Fsp3) is 0.667. The molecular formula is C15H23N5. The minimum atomic E-state index is 0.449. The Morgan fingerprint density at radius 2 is 2.30 bits per heavy atom. The summed E-state index contributed by atoms with van der Waals surface area (Å²) in [6, 6.07) is 4.35. The van der Waals surface area contributed by atoms with E-state index in [-0.39, 0.29) is 0 Å². The number of nitrogens with one attached hydrogen (secondary N) is 1. The average Bonchev–Trinajstić information content (AvgIpc) is 2.47. The molecule has 1 N–H and O–H groups in total. The molecular weight excluding hydrogens is 250 g/mol. The van der Waals surface area contributed by atoms with Gasteiger partial charge in [0.25, 0.3) is 0 Å². The van der Waals surface area contributed by atoms with Gasteiger partial charge in [0.15, 0.2) is 0 Å². The smallest absolute Gasteiger partial charge is 0.226 e. The number of rotatable bonds is 5. The lowest BCUT2D eigenvalue weighted by molar-refractivity contribution is 0.397. The first-order valence-electron chi connectivity index (χ1n) is 7.47. The van der Waals surface area contributed by atoms with Crippen molar-refractivity contribution in [3.8, 4) is 6.07 Å². The zero-order valence-electron chi connectivity index (χ0n) is 12.4. The quantitative estimate of drug-likeness (QED) is 0.889. The largest absolute Gasteiger partial charge is 0.339 e. The van der Waals surface area contributed by atoms with Crippen LogP contribution < -0.4 is 10.2 Å². The molecule has 0 saturated carbocycles. The van der Waals surface area contributed by atoms with E-state index in [1.54, 1.807) is 6.07 Å². The Balaban J connectivity index is 2.14. The molecule has 0 amide bonds. The minimum Gasteiger partial charge on any atom is -0.339 e. The van der Waals surface area contributed by atoms with E-state index >= 15 is 0 Å². The summed E-state index contributed by atoms with van der Waals surface area (Å²) in [4.78, 5) is 11.1. The predicted octanol–water partition coefficient (Wildman–Crippen LogP) is 2.02. The minimum absolute atomic E-state index is 0.449. The van der Waals surface area contributed by atoms with Gasteiger partial charge in [0.2, 0.25) is 5.95 Å². The molecule has 0 spiro atoms. The number of anilines is 1. The van der Waals surface area contributed by atoms with Crippen molar-refractivity contribution >= 4 is 5.95 Å². The first-order chi connectivity index (χ1) is 9.72. The van der Waals surface area contributed by atoms with Crippen LogP contribution in [0, 0.1) is 18.3 Å². The Morgan fingerprint density at radius 3 is 2.95 bits per heavy atom. The number of nitriles is 1. The van der Waals surface area contributed by atoms with Crippen molar-refractivity contribution in [1.29, 1.82) is 5.26 Å². The van der Waals surface area contributed by atoms with Crippen LogP contribution in [0.5, 0.6) is 0 Å². The maximum Gasteiger partial charge on any atom is 0.226 e. The van der Waals surface area contributed by atoms with Crippen LogP contribution in [-0.2, 0) is 0 Å². The number of nitrogens with zero attached hydrogens (tertiary/aromatic N) is 4. The number of piperidine rings is 1. The molecule has 0 radical (unpaired) electrons. The summed E-state index contributed by atoms with van der Waals surface area (Å²) < 4.78 is 0. The summed E-state index contributed by atoms with van der Waals surface area (Å²) in [6.45, 7) is 7.01. The lowest BCUT2D eigenvalue weighted by atomic mass is 10.0. The lowest BCUT2D eigenvalue weighted by Crippen LogP contribution is -2.44. The highest BCUT2D eigenvalue weighted by atomic mass is 15.3. The highest BCUT2D eigenvalue weighted by Crippen LogP contribution is 2.14. The van der Waals surface area contributed by atoms with Crippen LogP contribution in [0.3, 0.4) is 0 Å². The van der Waals surface area contributed by atoms with E-state index in [9.17, 15) is 0 Å². The van der Waals surface area contributed by atoms with Gasteiger partial charge in [-0.05, 0) is 38.8 Å². The van der Waals surface area contributed by atoms with Crippen molar-refractivity contribution in [3.05, 3.63) is 17.5 Å². The fourth-order valence-corrected chi connectivity index (χ4v) is 2.64. The summed E-state index contributed by atoms with van der Waals surface area (Å²) in [6.07, 6.45) is 4.81. The maximum absolute atomic E-state index is 9.05. The lowest BCUT2D eigenvalue weighted by Gasteiger charge is -2.30. The normalized spacial score (nSPS) is 18.6. The molecule has 2 heterocycles. The van der Waals surface area contributed by atoms with Gasteiger partial charge in [-0.2, -0.15) is 5.26 Å². The number of hydrogen-bond donors (Lipinski definition) is 1. The number of hydrogen-bond acceptors (Lipinski definition) is 5. The third kappa shape index (κ3) is 3.91. The molecule has 1 fully saturated rings. The molecule has 1 aromatic rings. The van der Waals surface area contributed by atoms with Gasteiger partial charge in [-0.15, -0.1) is 0 Å². The molecule has 5 heteroatoms. The van der Waals surface area contributed by atoms with Crippen molar-refractivity contribution in [1.82, 2.24) is 15.3 Å². The third-order valence-corrected chi connectivity index (χ3v) is 3.59. The topological polar surface area (TPSA) is 64.8 Å².